The Morgan fingerprint density at radius 2 is 1.67 bits per heavy atom. The van der Waals surface area contributed by atoms with Crippen LogP contribution in [0.25, 0.3) is 0 Å². The van der Waals surface area contributed by atoms with Crippen LogP contribution in [-0.2, 0) is 13.0 Å². The molecule has 2 rings (SSSR count). The maximum atomic E-state index is 9.13. The molecule has 2 nitrogen and oxygen atoms in total. The fourth-order valence-electron chi connectivity index (χ4n) is 1.96. The number of nitrogens with zero attached hydrogens (tertiary/aromatic N) is 1. The van der Waals surface area contributed by atoms with Gasteiger partial charge >= 0.3 is 0 Å². The fraction of sp³-hybridized carbons (Fsp3) is 0.250. The molecule has 0 fully saturated rings. The third kappa shape index (κ3) is 3.34. The fourth-order valence-corrected chi connectivity index (χ4v) is 1.96. The van der Waals surface area contributed by atoms with Gasteiger partial charge in [-0.05, 0) is 29.7 Å². The Bertz CT molecular complexity index is 481. The van der Waals surface area contributed by atoms with E-state index in [-0.39, 0.29) is 6.61 Å². The van der Waals surface area contributed by atoms with Gasteiger partial charge in [0.1, 0.15) is 0 Å². The van der Waals surface area contributed by atoms with Crippen molar-refractivity contribution < 1.29 is 5.11 Å². The van der Waals surface area contributed by atoms with Gasteiger partial charge in [0.2, 0.25) is 0 Å². The van der Waals surface area contributed by atoms with Crippen molar-refractivity contribution >= 4 is 5.69 Å². The van der Waals surface area contributed by atoms with Crippen LogP contribution >= 0.6 is 0 Å². The van der Waals surface area contributed by atoms with Crippen LogP contribution in [0.2, 0.25) is 0 Å². The Morgan fingerprint density at radius 3 is 2.39 bits per heavy atom. The van der Waals surface area contributed by atoms with Gasteiger partial charge in [-0.25, -0.2) is 0 Å². The average Bonchev–Trinajstić information content (AvgIpc) is 2.46. The van der Waals surface area contributed by atoms with E-state index in [0.29, 0.717) is 0 Å². The Labute approximate surface area is 109 Å². The summed E-state index contributed by atoms with van der Waals surface area (Å²) < 4.78 is 0. The van der Waals surface area contributed by atoms with Crippen molar-refractivity contribution in [3.8, 4) is 0 Å². The number of hydrogen-bond donors (Lipinski definition) is 1. The summed E-state index contributed by atoms with van der Waals surface area (Å²) in [7, 11) is 2.08. The van der Waals surface area contributed by atoms with Crippen molar-refractivity contribution in [2.24, 2.45) is 0 Å². The molecule has 2 heteroatoms. The van der Waals surface area contributed by atoms with E-state index in [0.717, 1.165) is 24.2 Å². The summed E-state index contributed by atoms with van der Waals surface area (Å²) in [4.78, 5) is 2.21. The lowest BCUT2D eigenvalue weighted by molar-refractivity contribution is 0.282. The van der Waals surface area contributed by atoms with Crippen molar-refractivity contribution in [1.29, 1.82) is 0 Å². The number of aliphatic hydroxyl groups excluding tert-OH is 1. The summed E-state index contributed by atoms with van der Waals surface area (Å²) in [6.07, 6.45) is 1.03. The smallest absolute Gasteiger partial charge is 0.0682 e. The van der Waals surface area contributed by atoms with Gasteiger partial charge in [0.25, 0.3) is 0 Å². The van der Waals surface area contributed by atoms with Crippen molar-refractivity contribution in [1.82, 2.24) is 0 Å². The third-order valence-electron chi connectivity index (χ3n) is 3.11. The van der Waals surface area contributed by atoms with E-state index in [1.807, 2.05) is 24.3 Å². The number of anilines is 1. The first-order valence-electron chi connectivity index (χ1n) is 6.24. The summed E-state index contributed by atoms with van der Waals surface area (Å²) in [5, 5.41) is 9.13. The second-order valence-corrected chi connectivity index (χ2v) is 4.49. The highest BCUT2D eigenvalue weighted by Crippen LogP contribution is 2.15. The lowest BCUT2D eigenvalue weighted by Gasteiger charge is -2.20. The molecular weight excluding hydrogens is 222 g/mol. The average molecular weight is 241 g/mol. The van der Waals surface area contributed by atoms with Crippen molar-refractivity contribution in [3.63, 3.8) is 0 Å². The van der Waals surface area contributed by atoms with Gasteiger partial charge in [0, 0.05) is 19.3 Å². The molecule has 0 heterocycles. The van der Waals surface area contributed by atoms with Crippen LogP contribution in [0.1, 0.15) is 11.1 Å². The summed E-state index contributed by atoms with van der Waals surface area (Å²) in [6.45, 7) is 1.07. The molecule has 0 amide bonds. The van der Waals surface area contributed by atoms with Gasteiger partial charge in [-0.3, -0.25) is 0 Å². The van der Waals surface area contributed by atoms with E-state index in [1.165, 1.54) is 5.56 Å². The summed E-state index contributed by atoms with van der Waals surface area (Å²) >= 11 is 0. The largest absolute Gasteiger partial charge is 0.392 e. The van der Waals surface area contributed by atoms with E-state index < -0.39 is 0 Å². The molecule has 0 aliphatic rings. The topological polar surface area (TPSA) is 23.5 Å². The molecule has 2 aromatic rings. The molecule has 94 valence electrons. The van der Waals surface area contributed by atoms with Crippen molar-refractivity contribution in [2.45, 2.75) is 13.0 Å². The molecule has 0 aliphatic carbocycles. The number of likely N-dealkylation sites (N-methyl/N-ethyl adjacent to an activating group) is 1. The predicted molar refractivity (Wildman–Crippen MR) is 75.8 cm³/mol. The van der Waals surface area contributed by atoms with Crippen molar-refractivity contribution in [3.05, 3.63) is 65.7 Å². The summed E-state index contributed by atoms with van der Waals surface area (Å²) in [6, 6.07) is 18.5. The minimum absolute atomic E-state index is 0.0976. The molecule has 2 aromatic carbocycles. The van der Waals surface area contributed by atoms with Gasteiger partial charge in [0.15, 0.2) is 0 Å². The zero-order valence-corrected chi connectivity index (χ0v) is 10.7. The first-order chi connectivity index (χ1) is 8.79. The molecule has 0 unspecified atom stereocenters. The quantitative estimate of drug-likeness (QED) is 0.870. The number of rotatable bonds is 5. The first kappa shape index (κ1) is 12.7. The number of benzene rings is 2. The van der Waals surface area contributed by atoms with Crippen LogP contribution in [-0.4, -0.2) is 18.7 Å². The lowest BCUT2D eigenvalue weighted by Crippen LogP contribution is -2.20. The molecule has 1 N–H and O–H groups in total. The van der Waals surface area contributed by atoms with Crippen LogP contribution < -0.4 is 4.90 Å². The molecule has 18 heavy (non-hydrogen) atoms. The van der Waals surface area contributed by atoms with Crippen LogP contribution in [0.5, 0.6) is 0 Å². The van der Waals surface area contributed by atoms with E-state index >= 15 is 0 Å². The van der Waals surface area contributed by atoms with E-state index in [9.17, 15) is 0 Å². The minimum Gasteiger partial charge on any atom is -0.392 e. The molecule has 0 saturated heterocycles. The Morgan fingerprint density at radius 1 is 0.944 bits per heavy atom. The normalized spacial score (nSPS) is 10.3. The molecule has 0 aromatic heterocycles. The second kappa shape index (κ2) is 6.22. The molecule has 0 spiro atoms. The van der Waals surface area contributed by atoms with Gasteiger partial charge < -0.3 is 10.0 Å². The zero-order valence-electron chi connectivity index (χ0n) is 10.7. The Hall–Kier alpha value is -1.80. The second-order valence-electron chi connectivity index (χ2n) is 4.49. The molecular formula is C16H19NO. The highest BCUT2D eigenvalue weighted by atomic mass is 16.3. The van der Waals surface area contributed by atoms with Crippen LogP contribution in [0.4, 0.5) is 5.69 Å². The number of hydrogen-bond acceptors (Lipinski definition) is 2. The van der Waals surface area contributed by atoms with Gasteiger partial charge in [-0.2, -0.15) is 0 Å². The molecule has 0 radical (unpaired) electrons. The predicted octanol–water partition coefficient (Wildman–Crippen LogP) is 2.86. The molecule has 0 bridgehead atoms. The first-order valence-corrected chi connectivity index (χ1v) is 6.24. The highest BCUT2D eigenvalue weighted by molar-refractivity contribution is 5.47. The molecule has 0 saturated carbocycles. The Kier molecular flexibility index (Phi) is 4.37. The van der Waals surface area contributed by atoms with Crippen LogP contribution in [0, 0.1) is 0 Å². The van der Waals surface area contributed by atoms with Crippen LogP contribution in [0.15, 0.2) is 54.6 Å². The van der Waals surface area contributed by atoms with E-state index in [2.05, 4.69) is 42.3 Å². The lowest BCUT2D eigenvalue weighted by atomic mass is 10.1. The summed E-state index contributed by atoms with van der Waals surface area (Å²) in [5.74, 6) is 0. The van der Waals surface area contributed by atoms with Gasteiger partial charge in [-0.15, -0.1) is 0 Å². The maximum Gasteiger partial charge on any atom is 0.0682 e. The van der Waals surface area contributed by atoms with E-state index in [1.54, 1.807) is 0 Å². The number of aliphatic hydroxyl groups is 1. The molecule has 0 aliphatic heterocycles. The van der Waals surface area contributed by atoms with Gasteiger partial charge in [-0.1, -0.05) is 42.5 Å². The van der Waals surface area contributed by atoms with Crippen LogP contribution in [0.3, 0.4) is 0 Å². The third-order valence-corrected chi connectivity index (χ3v) is 3.11. The zero-order chi connectivity index (χ0) is 12.8. The van der Waals surface area contributed by atoms with Crippen molar-refractivity contribution in [2.75, 3.05) is 18.5 Å². The SMILES string of the molecule is CN(CCc1ccccc1)c1cccc(CO)c1. The maximum absolute atomic E-state index is 9.13. The van der Waals surface area contributed by atoms with E-state index in [4.69, 9.17) is 5.11 Å². The standard InChI is InChI=1S/C16H19NO/c1-17(11-10-14-6-3-2-4-7-14)16-9-5-8-15(12-16)13-18/h2-9,12,18H,10-11,13H2,1H3. The molecule has 0 atom stereocenters. The minimum atomic E-state index is 0.0976. The highest BCUT2D eigenvalue weighted by Gasteiger charge is 2.02. The monoisotopic (exact) mass is 241 g/mol. The van der Waals surface area contributed by atoms with Gasteiger partial charge in [0.05, 0.1) is 6.61 Å². The Balaban J connectivity index is 1.97. The summed E-state index contributed by atoms with van der Waals surface area (Å²) in [5.41, 5.74) is 3.46.